The zero-order valence-corrected chi connectivity index (χ0v) is 14.9. The van der Waals surface area contributed by atoms with Gasteiger partial charge in [-0.25, -0.2) is 13.4 Å². The van der Waals surface area contributed by atoms with Crippen LogP contribution in [0.1, 0.15) is 39.7 Å². The molecule has 0 bridgehead atoms. The first-order chi connectivity index (χ1) is 11.4. The second-order valence-corrected chi connectivity index (χ2v) is 8.20. The number of carbonyl (C=O) groups excluding carboxylic acids is 1. The van der Waals surface area contributed by atoms with Gasteiger partial charge in [0, 0.05) is 31.7 Å². The Morgan fingerprint density at radius 2 is 2.00 bits per heavy atom. The van der Waals surface area contributed by atoms with Crippen molar-refractivity contribution in [1.82, 2.24) is 19.2 Å². The Bertz CT molecular complexity index is 730. The number of carbonyl (C=O) groups is 1. The summed E-state index contributed by atoms with van der Waals surface area (Å²) in [5.41, 5.74) is 0. The minimum atomic E-state index is -4.70. The van der Waals surface area contributed by atoms with Crippen molar-refractivity contribution in [2.75, 3.05) is 6.54 Å². The van der Waals surface area contributed by atoms with Crippen LogP contribution in [0.4, 0.5) is 13.2 Å². The smallest absolute Gasteiger partial charge is 0.352 e. The summed E-state index contributed by atoms with van der Waals surface area (Å²) < 4.78 is 67.4. The van der Waals surface area contributed by atoms with E-state index in [1.54, 1.807) is 13.8 Å². The number of nitrogens with zero attached hydrogens (tertiary/aromatic N) is 3. The summed E-state index contributed by atoms with van der Waals surface area (Å²) in [5.74, 6) is -0.420. The number of rotatable bonds is 4. The third kappa shape index (κ3) is 4.32. The Hall–Kier alpha value is -1.62. The van der Waals surface area contributed by atoms with Crippen LogP contribution in [0.15, 0.2) is 17.6 Å². The van der Waals surface area contributed by atoms with E-state index >= 15 is 0 Å². The summed E-state index contributed by atoms with van der Waals surface area (Å²) in [6, 6.07) is -2.88. The minimum absolute atomic E-state index is 0.0518. The first-order valence-corrected chi connectivity index (χ1v) is 9.26. The Morgan fingerprint density at radius 3 is 2.48 bits per heavy atom. The van der Waals surface area contributed by atoms with E-state index < -0.39 is 52.2 Å². The van der Waals surface area contributed by atoms with E-state index in [0.717, 1.165) is 0 Å². The Balaban J connectivity index is 2.37. The van der Waals surface area contributed by atoms with Crippen LogP contribution in [-0.4, -0.2) is 53.0 Å². The maximum absolute atomic E-state index is 13.3. The van der Waals surface area contributed by atoms with Gasteiger partial charge in [-0.2, -0.15) is 17.5 Å². The number of hydrogen-bond acceptors (Lipinski definition) is 4. The van der Waals surface area contributed by atoms with E-state index in [0.29, 0.717) is 4.31 Å². The number of imidazole rings is 1. The average Bonchev–Trinajstić information content (AvgIpc) is 2.96. The van der Waals surface area contributed by atoms with Crippen LogP contribution in [0.5, 0.6) is 0 Å². The number of nitrogens with one attached hydrogen (secondary N) is 1. The predicted octanol–water partition coefficient (Wildman–Crippen LogP) is 1.68. The maximum Gasteiger partial charge on any atom is 0.405 e. The summed E-state index contributed by atoms with van der Waals surface area (Å²) in [4.78, 5) is 14.9. The van der Waals surface area contributed by atoms with Gasteiger partial charge < -0.3 is 9.88 Å². The number of alkyl halides is 3. The molecule has 1 aliphatic heterocycles. The van der Waals surface area contributed by atoms with Gasteiger partial charge in [-0.1, -0.05) is 0 Å². The molecule has 1 fully saturated rings. The lowest BCUT2D eigenvalue weighted by molar-refractivity contribution is -0.178. The van der Waals surface area contributed by atoms with Crippen LogP contribution in [0.2, 0.25) is 0 Å². The van der Waals surface area contributed by atoms with Crippen molar-refractivity contribution in [3.05, 3.63) is 12.5 Å². The largest absolute Gasteiger partial charge is 0.405 e. The molecule has 0 aliphatic carbocycles. The highest BCUT2D eigenvalue weighted by Gasteiger charge is 2.51. The molecule has 1 N–H and O–H groups in total. The number of sulfonamides is 1. The summed E-state index contributed by atoms with van der Waals surface area (Å²) in [6.07, 6.45) is -2.57. The van der Waals surface area contributed by atoms with Crippen molar-refractivity contribution >= 4 is 15.9 Å². The van der Waals surface area contributed by atoms with Crippen LogP contribution in [0.25, 0.3) is 0 Å². The quantitative estimate of drug-likeness (QED) is 0.859. The fraction of sp³-hybridized carbons (Fsp3) is 0.714. The first-order valence-electron chi connectivity index (χ1n) is 7.82. The number of halogens is 3. The molecule has 1 aromatic heterocycles. The van der Waals surface area contributed by atoms with Crippen LogP contribution in [0.3, 0.4) is 0 Å². The van der Waals surface area contributed by atoms with Gasteiger partial charge in [0.15, 0.2) is 5.03 Å². The molecule has 0 radical (unpaired) electrons. The second-order valence-electron chi connectivity index (χ2n) is 6.36. The minimum Gasteiger partial charge on any atom is -0.352 e. The standard InChI is InChI=1S/C14H21F3N4O3S/c1-9(2)20-7-13(18-8-20)25(23,24)21-6-11(19-10(3)22)4-5-12(21)14(15,16)17/h7-9,11-12H,4-6H2,1-3H3,(H,19,22). The fourth-order valence-corrected chi connectivity index (χ4v) is 4.40. The predicted molar refractivity (Wildman–Crippen MR) is 83.2 cm³/mol. The molecule has 11 heteroatoms. The molecule has 1 aromatic rings. The van der Waals surface area contributed by atoms with Crippen molar-refractivity contribution in [2.24, 2.45) is 0 Å². The van der Waals surface area contributed by atoms with E-state index in [9.17, 15) is 26.4 Å². The van der Waals surface area contributed by atoms with Crippen LogP contribution < -0.4 is 5.32 Å². The molecule has 25 heavy (non-hydrogen) atoms. The zero-order valence-electron chi connectivity index (χ0n) is 14.1. The molecule has 2 heterocycles. The Kier molecular flexibility index (Phi) is 5.47. The highest BCUT2D eigenvalue weighted by atomic mass is 32.2. The van der Waals surface area contributed by atoms with Gasteiger partial charge in [0.25, 0.3) is 10.0 Å². The number of amides is 1. The van der Waals surface area contributed by atoms with Gasteiger partial charge in [0.2, 0.25) is 5.91 Å². The zero-order chi connectivity index (χ0) is 19.0. The second kappa shape index (κ2) is 6.94. The van der Waals surface area contributed by atoms with E-state index in [1.165, 1.54) is 24.0 Å². The fourth-order valence-electron chi connectivity index (χ4n) is 2.79. The summed E-state index contributed by atoms with van der Waals surface area (Å²) in [6.45, 7) is 4.38. The molecule has 1 saturated heterocycles. The monoisotopic (exact) mass is 382 g/mol. The van der Waals surface area contributed by atoms with Gasteiger partial charge >= 0.3 is 6.18 Å². The summed E-state index contributed by atoms with van der Waals surface area (Å²) >= 11 is 0. The molecule has 1 amide bonds. The highest BCUT2D eigenvalue weighted by Crippen LogP contribution is 2.35. The average molecular weight is 382 g/mol. The maximum atomic E-state index is 13.3. The molecule has 142 valence electrons. The summed E-state index contributed by atoms with van der Waals surface area (Å²) in [5, 5.41) is 2.06. The van der Waals surface area contributed by atoms with Gasteiger partial charge in [0.1, 0.15) is 6.04 Å². The lowest BCUT2D eigenvalue weighted by Gasteiger charge is -2.39. The molecule has 2 unspecified atom stereocenters. The van der Waals surface area contributed by atoms with E-state index in [4.69, 9.17) is 0 Å². The van der Waals surface area contributed by atoms with Gasteiger partial charge in [-0.05, 0) is 26.7 Å². The van der Waals surface area contributed by atoms with Gasteiger partial charge in [-0.15, -0.1) is 0 Å². The molecule has 0 aromatic carbocycles. The number of piperidine rings is 1. The molecule has 0 saturated carbocycles. The van der Waals surface area contributed by atoms with Crippen molar-refractivity contribution in [2.45, 2.75) is 62.9 Å². The van der Waals surface area contributed by atoms with E-state index in [1.807, 2.05) is 0 Å². The van der Waals surface area contributed by atoms with Gasteiger partial charge in [-0.3, -0.25) is 4.79 Å². The molecule has 1 aliphatic rings. The number of aromatic nitrogens is 2. The van der Waals surface area contributed by atoms with Crippen LogP contribution >= 0.6 is 0 Å². The first kappa shape index (κ1) is 19.7. The van der Waals surface area contributed by atoms with Crippen molar-refractivity contribution < 1.29 is 26.4 Å². The normalized spacial score (nSPS) is 23.0. The molecule has 7 nitrogen and oxygen atoms in total. The van der Waals surface area contributed by atoms with Gasteiger partial charge in [0.05, 0.1) is 6.33 Å². The van der Waals surface area contributed by atoms with Crippen LogP contribution in [0, 0.1) is 0 Å². The Morgan fingerprint density at radius 1 is 1.36 bits per heavy atom. The van der Waals surface area contributed by atoms with E-state index in [2.05, 4.69) is 10.3 Å². The molecular weight excluding hydrogens is 361 g/mol. The van der Waals surface area contributed by atoms with E-state index in [-0.39, 0.29) is 12.5 Å². The Labute approximate surface area is 144 Å². The van der Waals surface area contributed by atoms with Crippen molar-refractivity contribution in [3.8, 4) is 0 Å². The highest BCUT2D eigenvalue weighted by molar-refractivity contribution is 7.89. The summed E-state index contributed by atoms with van der Waals surface area (Å²) in [7, 11) is -4.45. The lowest BCUT2D eigenvalue weighted by atomic mass is 10.0. The van der Waals surface area contributed by atoms with Crippen LogP contribution in [-0.2, 0) is 14.8 Å². The molecule has 2 atom stereocenters. The third-order valence-electron chi connectivity index (χ3n) is 4.07. The molecule has 2 rings (SSSR count). The third-order valence-corrected chi connectivity index (χ3v) is 5.83. The molecular formula is C14H21F3N4O3S. The number of hydrogen-bond donors (Lipinski definition) is 1. The molecule has 0 spiro atoms. The van der Waals surface area contributed by atoms with Crippen molar-refractivity contribution in [3.63, 3.8) is 0 Å². The topological polar surface area (TPSA) is 84.3 Å². The lowest BCUT2D eigenvalue weighted by Crippen LogP contribution is -2.58. The SMILES string of the molecule is CC(=O)NC1CCC(C(F)(F)F)N(S(=O)(=O)c2cn(C(C)C)cn2)C1. The van der Waals surface area contributed by atoms with Crippen molar-refractivity contribution in [1.29, 1.82) is 0 Å².